The maximum atomic E-state index is 2.55. The van der Waals surface area contributed by atoms with E-state index in [-0.39, 0.29) is 0 Å². The Balaban J connectivity index is 0.974. The van der Waals surface area contributed by atoms with Crippen molar-refractivity contribution >= 4 is 38.9 Å². The summed E-state index contributed by atoms with van der Waals surface area (Å²) in [4.78, 5) is 2.55. The van der Waals surface area contributed by atoms with E-state index < -0.39 is 10.8 Å². The fraction of sp³-hybridized carbons (Fsp3) is 0.0270. The molecular formula is C74H48N2. The molecule has 354 valence electrons. The number of aromatic nitrogens is 1. The lowest BCUT2D eigenvalue weighted by atomic mass is 9.65. The lowest BCUT2D eigenvalue weighted by molar-refractivity contribution is 0.749. The molecule has 2 heteroatoms. The average molecular weight is 965 g/mol. The number of rotatable bonds is 7. The highest BCUT2D eigenvalue weighted by molar-refractivity contribution is 6.13. The van der Waals surface area contributed by atoms with Gasteiger partial charge in [-0.25, -0.2) is 0 Å². The molecule has 1 aromatic heterocycles. The number of para-hydroxylation sites is 4. The molecule has 1 aliphatic heterocycles. The second-order valence-corrected chi connectivity index (χ2v) is 20.6. The van der Waals surface area contributed by atoms with Crippen molar-refractivity contribution in [2.24, 2.45) is 0 Å². The largest absolute Gasteiger partial charge is 0.309 e. The van der Waals surface area contributed by atoms with Crippen molar-refractivity contribution in [1.29, 1.82) is 0 Å². The van der Waals surface area contributed by atoms with Crippen LogP contribution in [0.15, 0.2) is 291 Å². The quantitative estimate of drug-likeness (QED) is 0.155. The molecule has 2 aliphatic carbocycles. The summed E-state index contributed by atoms with van der Waals surface area (Å²) in [6.07, 6.45) is 0. The smallest absolute Gasteiger partial charge is 0.0754 e. The highest BCUT2D eigenvalue weighted by atomic mass is 15.1. The van der Waals surface area contributed by atoms with Gasteiger partial charge in [0.25, 0.3) is 0 Å². The summed E-state index contributed by atoms with van der Waals surface area (Å²) in [6, 6.07) is 109. The molecule has 0 fully saturated rings. The maximum absolute atomic E-state index is 2.55. The number of hydrogen-bond donors (Lipinski definition) is 0. The zero-order valence-corrected chi connectivity index (χ0v) is 41.6. The van der Waals surface area contributed by atoms with Crippen LogP contribution in [-0.4, -0.2) is 4.57 Å². The third kappa shape index (κ3) is 5.70. The van der Waals surface area contributed by atoms with Gasteiger partial charge in [-0.15, -0.1) is 0 Å². The minimum Gasteiger partial charge on any atom is -0.309 e. The molecule has 0 bridgehead atoms. The molecule has 1 unspecified atom stereocenters. The lowest BCUT2D eigenvalue weighted by Crippen LogP contribution is -2.33. The summed E-state index contributed by atoms with van der Waals surface area (Å²) in [6.45, 7) is 0. The van der Waals surface area contributed by atoms with E-state index in [0.717, 1.165) is 33.8 Å². The Morgan fingerprint density at radius 2 is 0.829 bits per heavy atom. The van der Waals surface area contributed by atoms with Crippen molar-refractivity contribution < 1.29 is 0 Å². The zero-order chi connectivity index (χ0) is 50.0. The minimum atomic E-state index is -0.580. The summed E-state index contributed by atoms with van der Waals surface area (Å²) in [5.74, 6) is 0. The lowest BCUT2D eigenvalue weighted by Gasteiger charge is -2.39. The van der Waals surface area contributed by atoms with E-state index in [1.807, 2.05) is 0 Å². The van der Waals surface area contributed by atoms with E-state index in [1.165, 1.54) is 99.8 Å². The molecule has 0 N–H and O–H groups in total. The first-order valence-corrected chi connectivity index (χ1v) is 26.5. The van der Waals surface area contributed by atoms with Gasteiger partial charge >= 0.3 is 0 Å². The van der Waals surface area contributed by atoms with Gasteiger partial charge in [0.2, 0.25) is 0 Å². The van der Waals surface area contributed by atoms with Gasteiger partial charge in [-0.05, 0) is 120 Å². The Labute approximate surface area is 442 Å². The van der Waals surface area contributed by atoms with Crippen molar-refractivity contribution in [3.05, 3.63) is 336 Å². The summed E-state index contributed by atoms with van der Waals surface area (Å²) in [5.41, 5.74) is 25.9. The van der Waals surface area contributed by atoms with Crippen LogP contribution in [-0.2, 0) is 10.8 Å². The Morgan fingerprint density at radius 1 is 0.289 bits per heavy atom. The molecule has 2 heterocycles. The van der Waals surface area contributed by atoms with Crippen LogP contribution in [0.5, 0.6) is 0 Å². The molecule has 3 aliphatic rings. The van der Waals surface area contributed by atoms with Gasteiger partial charge < -0.3 is 9.47 Å². The Kier molecular flexibility index (Phi) is 9.20. The summed E-state index contributed by atoms with van der Waals surface area (Å²) in [5, 5.41) is 2.56. The van der Waals surface area contributed by atoms with E-state index >= 15 is 0 Å². The fourth-order valence-corrected chi connectivity index (χ4v) is 14.2. The summed E-state index contributed by atoms with van der Waals surface area (Å²) in [7, 11) is 0. The Hall–Kier alpha value is -9.76. The van der Waals surface area contributed by atoms with E-state index in [0.29, 0.717) is 0 Å². The standard InChI is InChI=1S/C74H48N2/c1-4-23-49(24-5-1)50-25-20-30-54(47-50)75(70-44-22-39-64-71(70)60-34-11-15-37-62(60)73(64,52-26-6-2-7-27-52)53-28-8-3-9-29-53)67-41-17-12-31-55(67)51-45-46-57-56-32-10-14-36-61(56)74(66(57)48-51)63-38-16-19-43-69(63)76-68-42-18-13-33-58(68)59-35-21-40-65(74)72(59)76/h1-48H. The molecule has 13 aromatic rings. The van der Waals surface area contributed by atoms with E-state index in [4.69, 9.17) is 0 Å². The minimum absolute atomic E-state index is 0.560. The first kappa shape index (κ1) is 42.7. The monoisotopic (exact) mass is 964 g/mol. The first-order chi connectivity index (χ1) is 37.7. The van der Waals surface area contributed by atoms with Crippen LogP contribution in [0.1, 0.15) is 44.5 Å². The Morgan fingerprint density at radius 3 is 1.62 bits per heavy atom. The molecule has 0 saturated carbocycles. The third-order valence-electron chi connectivity index (χ3n) is 17.1. The average Bonchev–Trinajstić information content (AvgIpc) is 4.25. The SMILES string of the molecule is c1ccc(-c2cccc(N(c3ccccc3-c3ccc4c(c3)C3(c5ccccc5-4)c4ccccc4-n4c5ccccc5c5cccc3c54)c3cccc4c3-c3ccccc3C4(c3ccccc3)c3ccccc3)c2)cc1. The van der Waals surface area contributed by atoms with Crippen LogP contribution in [0.25, 0.3) is 72.0 Å². The first-order valence-electron chi connectivity index (χ1n) is 26.5. The number of anilines is 3. The molecule has 0 radical (unpaired) electrons. The van der Waals surface area contributed by atoms with Gasteiger partial charge in [0, 0.05) is 27.6 Å². The van der Waals surface area contributed by atoms with Crippen molar-refractivity contribution in [1.82, 2.24) is 4.57 Å². The molecule has 12 aromatic carbocycles. The van der Waals surface area contributed by atoms with Crippen molar-refractivity contribution in [3.63, 3.8) is 0 Å². The van der Waals surface area contributed by atoms with Crippen LogP contribution in [0, 0.1) is 0 Å². The van der Waals surface area contributed by atoms with Gasteiger partial charge in [-0.3, -0.25) is 0 Å². The molecule has 1 spiro atoms. The number of fused-ring (bicyclic) bond motifs is 15. The van der Waals surface area contributed by atoms with Crippen LogP contribution in [0.4, 0.5) is 17.1 Å². The highest BCUT2D eigenvalue weighted by Gasteiger charge is 2.51. The predicted octanol–water partition coefficient (Wildman–Crippen LogP) is 18.6. The van der Waals surface area contributed by atoms with Crippen LogP contribution < -0.4 is 4.90 Å². The second kappa shape index (κ2) is 16.4. The van der Waals surface area contributed by atoms with Crippen molar-refractivity contribution in [3.8, 4) is 50.2 Å². The fourth-order valence-electron chi connectivity index (χ4n) is 14.2. The molecule has 2 nitrogen and oxygen atoms in total. The van der Waals surface area contributed by atoms with Gasteiger partial charge in [-0.1, -0.05) is 249 Å². The highest BCUT2D eigenvalue weighted by Crippen LogP contribution is 2.63. The van der Waals surface area contributed by atoms with Gasteiger partial charge in [-0.2, -0.15) is 0 Å². The van der Waals surface area contributed by atoms with Crippen molar-refractivity contribution in [2.45, 2.75) is 10.8 Å². The second-order valence-electron chi connectivity index (χ2n) is 20.6. The zero-order valence-electron chi connectivity index (χ0n) is 41.6. The number of hydrogen-bond acceptors (Lipinski definition) is 1. The van der Waals surface area contributed by atoms with E-state index in [1.54, 1.807) is 0 Å². The molecule has 76 heavy (non-hydrogen) atoms. The molecule has 1 atom stereocenters. The number of benzene rings is 12. The third-order valence-corrected chi connectivity index (χ3v) is 17.1. The predicted molar refractivity (Wildman–Crippen MR) is 315 cm³/mol. The van der Waals surface area contributed by atoms with E-state index in [9.17, 15) is 0 Å². The van der Waals surface area contributed by atoms with Gasteiger partial charge in [0.05, 0.1) is 38.9 Å². The molecule has 16 rings (SSSR count). The Bertz CT molecular complexity index is 4430. The molecule has 0 saturated heterocycles. The van der Waals surface area contributed by atoms with Gasteiger partial charge in [0.1, 0.15) is 0 Å². The molecular weight excluding hydrogens is 917 g/mol. The normalized spacial score (nSPS) is 15.0. The van der Waals surface area contributed by atoms with Gasteiger partial charge in [0.15, 0.2) is 0 Å². The van der Waals surface area contributed by atoms with Crippen molar-refractivity contribution in [2.75, 3.05) is 4.90 Å². The summed E-state index contributed by atoms with van der Waals surface area (Å²) < 4.78 is 2.53. The van der Waals surface area contributed by atoms with Crippen LogP contribution in [0.2, 0.25) is 0 Å². The van der Waals surface area contributed by atoms with Crippen LogP contribution in [0.3, 0.4) is 0 Å². The van der Waals surface area contributed by atoms with Crippen LogP contribution >= 0.6 is 0 Å². The maximum Gasteiger partial charge on any atom is 0.0754 e. The van der Waals surface area contributed by atoms with E-state index in [2.05, 4.69) is 301 Å². The number of nitrogens with zero attached hydrogens (tertiary/aromatic N) is 2. The summed E-state index contributed by atoms with van der Waals surface area (Å²) >= 11 is 0. The molecule has 0 amide bonds. The topological polar surface area (TPSA) is 8.17 Å².